The van der Waals surface area contributed by atoms with E-state index in [0.717, 1.165) is 9.13 Å². The second-order valence-electron chi connectivity index (χ2n) is 4.21. The van der Waals surface area contributed by atoms with Crippen LogP contribution >= 0.6 is 0 Å². The van der Waals surface area contributed by atoms with Gasteiger partial charge in [-0.15, -0.1) is 0 Å². The lowest BCUT2D eigenvalue weighted by molar-refractivity contribution is -0.667. The minimum Gasteiger partial charge on any atom is -0.542 e. The number of nitrogens with zero attached hydrogens (tertiary/aromatic N) is 2. The Kier molecular flexibility index (Phi) is 4.73. The SMILES string of the molecule is Cn1c(C(F)(F)F)[n+](C)c2ccccc21.O=C([O-])C(F)(F)F. The summed E-state index contributed by atoms with van der Waals surface area (Å²) in [6.07, 6.45) is -9.53. The molecule has 0 fully saturated rings. The Bertz CT molecular complexity index is 648. The van der Waals surface area contributed by atoms with E-state index in [4.69, 9.17) is 9.90 Å². The van der Waals surface area contributed by atoms with E-state index in [1.54, 1.807) is 24.3 Å². The third-order valence-corrected chi connectivity index (χ3v) is 2.72. The fourth-order valence-electron chi connectivity index (χ4n) is 1.86. The minimum absolute atomic E-state index is 0.576. The number of carbonyl (C=O) groups is 1. The van der Waals surface area contributed by atoms with E-state index in [9.17, 15) is 26.3 Å². The van der Waals surface area contributed by atoms with E-state index in [1.807, 2.05) is 0 Å². The number of aromatic nitrogens is 2. The van der Waals surface area contributed by atoms with Crippen molar-refractivity contribution >= 4 is 17.0 Å². The van der Waals surface area contributed by atoms with Crippen molar-refractivity contribution in [2.45, 2.75) is 12.4 Å². The van der Waals surface area contributed by atoms with Gasteiger partial charge in [0.15, 0.2) is 11.0 Å². The Morgan fingerprint density at radius 2 is 1.59 bits per heavy atom. The number of carboxylic acid groups (broad SMARTS) is 1. The fourth-order valence-corrected chi connectivity index (χ4v) is 1.86. The molecule has 4 nitrogen and oxygen atoms in total. The molecule has 0 atom stereocenters. The molecule has 1 aromatic heterocycles. The van der Waals surface area contributed by atoms with E-state index in [2.05, 4.69) is 0 Å². The molecule has 122 valence electrons. The largest absolute Gasteiger partial charge is 0.542 e. The van der Waals surface area contributed by atoms with Crippen molar-refractivity contribution < 1.29 is 40.8 Å². The Balaban J connectivity index is 0.000000295. The molecular formula is C12H10F6N2O2. The summed E-state index contributed by atoms with van der Waals surface area (Å²) in [5.41, 5.74) is 1.15. The van der Waals surface area contributed by atoms with E-state index in [0.29, 0.717) is 11.0 Å². The zero-order valence-electron chi connectivity index (χ0n) is 11.3. The highest BCUT2D eigenvalue weighted by molar-refractivity contribution is 5.72. The van der Waals surface area contributed by atoms with Crippen LogP contribution < -0.4 is 9.67 Å². The summed E-state index contributed by atoms with van der Waals surface area (Å²) >= 11 is 0. The monoisotopic (exact) mass is 328 g/mol. The highest BCUT2D eigenvalue weighted by Gasteiger charge is 2.45. The normalized spacial score (nSPS) is 12.0. The molecule has 0 N–H and O–H groups in total. The lowest BCUT2D eigenvalue weighted by atomic mass is 10.3. The topological polar surface area (TPSA) is 48.9 Å². The van der Waals surface area contributed by atoms with Crippen LogP contribution in [0.2, 0.25) is 0 Å². The molecule has 22 heavy (non-hydrogen) atoms. The first-order valence-electron chi connectivity index (χ1n) is 5.66. The van der Waals surface area contributed by atoms with Crippen molar-refractivity contribution in [3.05, 3.63) is 30.1 Å². The predicted octanol–water partition coefficient (Wildman–Crippen LogP) is 1.32. The number of hydrogen-bond acceptors (Lipinski definition) is 2. The second-order valence-corrected chi connectivity index (χ2v) is 4.21. The third kappa shape index (κ3) is 3.68. The number of aliphatic carboxylic acids is 1. The first kappa shape index (κ1) is 17.8. The van der Waals surface area contributed by atoms with Crippen LogP contribution in [-0.2, 0) is 25.1 Å². The van der Waals surface area contributed by atoms with E-state index in [-0.39, 0.29) is 0 Å². The number of fused-ring (bicyclic) bond motifs is 1. The highest BCUT2D eigenvalue weighted by atomic mass is 19.4. The molecule has 1 aromatic carbocycles. The average Bonchev–Trinajstić information content (AvgIpc) is 2.61. The number of imidazole rings is 1. The van der Waals surface area contributed by atoms with Crippen molar-refractivity contribution in [2.75, 3.05) is 0 Å². The maximum Gasteiger partial charge on any atom is 0.495 e. The van der Waals surface area contributed by atoms with Crippen molar-refractivity contribution in [1.82, 2.24) is 4.57 Å². The van der Waals surface area contributed by atoms with Crippen molar-refractivity contribution in [3.63, 3.8) is 0 Å². The van der Waals surface area contributed by atoms with Crippen LogP contribution in [0.5, 0.6) is 0 Å². The Morgan fingerprint density at radius 1 is 1.14 bits per heavy atom. The van der Waals surface area contributed by atoms with Gasteiger partial charge in [0.25, 0.3) is 0 Å². The molecule has 0 radical (unpaired) electrons. The molecule has 0 saturated carbocycles. The van der Waals surface area contributed by atoms with Crippen LogP contribution in [0.15, 0.2) is 24.3 Å². The van der Waals surface area contributed by atoms with E-state index < -0.39 is 24.1 Å². The van der Waals surface area contributed by atoms with Crippen molar-refractivity contribution in [1.29, 1.82) is 0 Å². The summed E-state index contributed by atoms with van der Waals surface area (Å²) in [5.74, 6) is -3.66. The quantitative estimate of drug-likeness (QED) is 0.541. The molecule has 0 aliphatic rings. The van der Waals surface area contributed by atoms with Gasteiger partial charge in [0.1, 0.15) is 5.97 Å². The number of halogens is 6. The van der Waals surface area contributed by atoms with Crippen molar-refractivity contribution in [3.8, 4) is 0 Å². The molecule has 0 bridgehead atoms. The standard InChI is InChI=1S/C10H10F3N2.C2HF3O2/c1-14-7-5-3-4-6-8(7)15(2)9(14)10(11,12)13;3-2(4,5)1(6)7/h3-6H,1-2H3;(H,6,7)/q+1;/p-1. The summed E-state index contributed by atoms with van der Waals surface area (Å²) in [6, 6.07) is 6.79. The molecule has 0 unspecified atom stereocenters. The molecule has 10 heteroatoms. The van der Waals surface area contributed by atoms with Crippen LogP contribution in [0.3, 0.4) is 0 Å². The van der Waals surface area contributed by atoms with Gasteiger partial charge in [-0.2, -0.15) is 26.3 Å². The van der Waals surface area contributed by atoms with Gasteiger partial charge in [0.05, 0.1) is 14.1 Å². The number of hydrogen-bond donors (Lipinski definition) is 0. The smallest absolute Gasteiger partial charge is 0.495 e. The van der Waals surface area contributed by atoms with Gasteiger partial charge in [-0.25, -0.2) is 9.13 Å². The first-order valence-corrected chi connectivity index (χ1v) is 5.66. The number of rotatable bonds is 0. The van der Waals surface area contributed by atoms with Crippen molar-refractivity contribution in [2.24, 2.45) is 14.1 Å². The van der Waals surface area contributed by atoms with Gasteiger partial charge in [0, 0.05) is 0 Å². The molecule has 0 amide bonds. The van der Waals surface area contributed by atoms with E-state index in [1.165, 1.54) is 14.1 Å². The minimum atomic E-state index is -5.19. The van der Waals surface area contributed by atoms with Crippen LogP contribution in [0.25, 0.3) is 11.0 Å². The number of benzene rings is 1. The molecule has 2 rings (SSSR count). The predicted molar refractivity (Wildman–Crippen MR) is 60.2 cm³/mol. The zero-order valence-corrected chi connectivity index (χ0v) is 11.3. The number of carbonyl (C=O) groups excluding carboxylic acids is 1. The Labute approximate surface area is 120 Å². The summed E-state index contributed by atoms with van der Waals surface area (Å²) in [6.45, 7) is 0. The first-order chi connectivity index (χ1) is 9.87. The highest BCUT2D eigenvalue weighted by Crippen LogP contribution is 2.28. The van der Waals surface area contributed by atoms with Crippen LogP contribution in [0.1, 0.15) is 5.82 Å². The van der Waals surface area contributed by atoms with Gasteiger partial charge in [-0.3, -0.25) is 0 Å². The Morgan fingerprint density at radius 3 is 1.95 bits per heavy atom. The Hall–Kier alpha value is -2.26. The zero-order chi connectivity index (χ0) is 17.3. The summed E-state index contributed by atoms with van der Waals surface area (Å²) in [7, 11) is 2.84. The lowest BCUT2D eigenvalue weighted by Crippen LogP contribution is -2.37. The number of carboxylic acids is 1. The number of alkyl halides is 6. The van der Waals surface area contributed by atoms with Gasteiger partial charge in [-0.1, -0.05) is 12.1 Å². The maximum atomic E-state index is 12.7. The molecular weight excluding hydrogens is 318 g/mol. The maximum absolute atomic E-state index is 12.7. The third-order valence-electron chi connectivity index (χ3n) is 2.72. The second kappa shape index (κ2) is 5.85. The lowest BCUT2D eigenvalue weighted by Gasteiger charge is -2.03. The van der Waals surface area contributed by atoms with Crippen LogP contribution in [-0.4, -0.2) is 16.7 Å². The van der Waals surface area contributed by atoms with E-state index >= 15 is 0 Å². The fraction of sp³-hybridized carbons (Fsp3) is 0.333. The summed E-state index contributed by atoms with van der Waals surface area (Å²) in [4.78, 5) is 8.78. The van der Waals surface area contributed by atoms with Crippen LogP contribution in [0.4, 0.5) is 26.3 Å². The van der Waals surface area contributed by atoms with Gasteiger partial charge >= 0.3 is 18.2 Å². The van der Waals surface area contributed by atoms with Crippen LogP contribution in [0, 0.1) is 0 Å². The molecule has 2 aromatic rings. The molecule has 0 aliphatic carbocycles. The van der Waals surface area contributed by atoms with Gasteiger partial charge in [0.2, 0.25) is 0 Å². The number of aryl methyl sites for hydroxylation is 2. The average molecular weight is 328 g/mol. The van der Waals surface area contributed by atoms with Gasteiger partial charge in [-0.05, 0) is 12.1 Å². The molecule has 0 spiro atoms. The molecule has 1 heterocycles. The summed E-state index contributed by atoms with van der Waals surface area (Å²) in [5, 5.41) is 8.78. The number of para-hydroxylation sites is 2. The molecule has 0 aliphatic heterocycles. The van der Waals surface area contributed by atoms with Gasteiger partial charge < -0.3 is 9.90 Å². The molecule has 0 saturated heterocycles. The summed E-state index contributed by atoms with van der Waals surface area (Å²) < 4.78 is 72.0.